The minimum Gasteiger partial charge on any atom is -0.508 e. The lowest BCUT2D eigenvalue weighted by Gasteiger charge is -2.33. The number of carbonyl (C=O) groups is 10. The first-order valence-corrected chi connectivity index (χ1v) is 30.7. The van der Waals surface area contributed by atoms with Gasteiger partial charge in [0.1, 0.15) is 53.8 Å². The molecule has 0 spiro atoms. The summed E-state index contributed by atoms with van der Waals surface area (Å²) >= 11 is 6.17. The van der Waals surface area contributed by atoms with Gasteiger partial charge in [0.25, 0.3) is 11.8 Å². The third-order valence-electron chi connectivity index (χ3n) is 14.0. The molecule has 1 fully saturated rings. The number of furan rings is 1. The number of halogens is 1. The van der Waals surface area contributed by atoms with Gasteiger partial charge in [-0.15, -0.1) is 0 Å². The van der Waals surface area contributed by atoms with Crippen LogP contribution in [0.5, 0.6) is 11.5 Å². The van der Waals surface area contributed by atoms with E-state index in [-0.39, 0.29) is 72.9 Å². The van der Waals surface area contributed by atoms with Crippen LogP contribution in [0.1, 0.15) is 69.4 Å². The number of unbranched alkanes of at least 4 members (excludes halogenated alkanes) is 1. The van der Waals surface area contributed by atoms with Crippen LogP contribution >= 0.6 is 33.2 Å². The molecule has 0 radical (unpaired) electrons. The van der Waals surface area contributed by atoms with Crippen LogP contribution in [-0.2, 0) is 64.0 Å². The smallest absolute Gasteiger partial charge is 0.287 e. The highest BCUT2D eigenvalue weighted by atomic mass is 35.5. The van der Waals surface area contributed by atoms with Crippen LogP contribution in [0, 0.1) is 0 Å². The first-order valence-electron chi connectivity index (χ1n) is 27.8. The maximum atomic E-state index is 15.0. The summed E-state index contributed by atoms with van der Waals surface area (Å²) < 4.78 is 5.29. The summed E-state index contributed by atoms with van der Waals surface area (Å²) in [5, 5.41) is 53.6. The number of primary amides is 2. The van der Waals surface area contributed by atoms with Crippen LogP contribution in [-0.4, -0.2) is 159 Å². The highest BCUT2D eigenvalue weighted by Crippen LogP contribution is 2.25. The molecular weight excluding hydrogens is 1200 g/mol. The number of phenolic OH excluding ortho intramolecular Hbond substituents is 2. The second-order valence-electron chi connectivity index (χ2n) is 20.7. The van der Waals surface area contributed by atoms with E-state index in [1.807, 2.05) is 0 Å². The van der Waals surface area contributed by atoms with Crippen molar-refractivity contribution in [1.82, 2.24) is 47.5 Å². The Morgan fingerprint density at radius 2 is 1.22 bits per heavy atom. The van der Waals surface area contributed by atoms with Crippen LogP contribution in [0.15, 0.2) is 120 Å². The molecule has 26 nitrogen and oxygen atoms in total. The van der Waals surface area contributed by atoms with Crippen molar-refractivity contribution in [2.45, 2.75) is 106 Å². The van der Waals surface area contributed by atoms with E-state index < -0.39 is 114 Å². The average Bonchev–Trinajstić information content (AvgIpc) is 3.49. The number of hydrazine groups is 1. The summed E-state index contributed by atoms with van der Waals surface area (Å²) in [4.78, 5) is 142. The Labute approximate surface area is 519 Å². The minimum absolute atomic E-state index is 0.0746. The summed E-state index contributed by atoms with van der Waals surface area (Å²) in [5.74, 6) is -4.13. The molecule has 88 heavy (non-hydrogen) atoms. The Bertz CT molecular complexity index is 3220. The third-order valence-corrected chi connectivity index (χ3v) is 16.6. The highest BCUT2D eigenvalue weighted by Gasteiger charge is 2.40. The lowest BCUT2D eigenvalue weighted by Crippen LogP contribution is -2.65. The van der Waals surface area contributed by atoms with Gasteiger partial charge in [-0.3, -0.25) is 53.0 Å². The van der Waals surface area contributed by atoms with Crippen LogP contribution in [0.2, 0.25) is 5.02 Å². The number of nitrogens with two attached hydrogens (primary N) is 3. The van der Waals surface area contributed by atoms with Gasteiger partial charge in [-0.05, 0) is 123 Å². The lowest BCUT2D eigenvalue weighted by atomic mass is 10.00. The zero-order valence-corrected chi connectivity index (χ0v) is 50.3. The summed E-state index contributed by atoms with van der Waals surface area (Å²) in [6.07, 6.45) is -0.738. The Morgan fingerprint density at radius 3 is 1.76 bits per heavy atom. The molecule has 0 bridgehead atoms. The van der Waals surface area contributed by atoms with Crippen molar-refractivity contribution in [2.75, 3.05) is 25.1 Å². The van der Waals surface area contributed by atoms with E-state index in [0.29, 0.717) is 45.3 Å². The molecule has 0 aliphatic carbocycles. The van der Waals surface area contributed by atoms with Gasteiger partial charge in [-0.2, -0.15) is 0 Å². The van der Waals surface area contributed by atoms with E-state index >= 15 is 4.79 Å². The van der Waals surface area contributed by atoms with Gasteiger partial charge >= 0.3 is 0 Å². The second-order valence-corrected chi connectivity index (χ2v) is 23.7. The van der Waals surface area contributed by atoms with Crippen LogP contribution in [0.3, 0.4) is 0 Å². The van der Waals surface area contributed by atoms with E-state index in [1.165, 1.54) is 91.2 Å². The van der Waals surface area contributed by atoms with E-state index in [0.717, 1.165) is 28.5 Å². The van der Waals surface area contributed by atoms with Gasteiger partial charge in [-0.25, -0.2) is 5.84 Å². The van der Waals surface area contributed by atoms with Crippen molar-refractivity contribution in [2.24, 2.45) is 17.3 Å². The Balaban J connectivity index is 1.45. The SMILES string of the molecule is CNCCCC[C@@H]1NC(=O)[C@@H](Cc2ccc(C(N)=O)cc2)NC(=O)[C@H](Cc2ccc(O)cc2)NC(=O)[C@H](NC(=O)[C@H](Cc2ccc(Cl)cc2)NC(=O)c2ccco2)CSSC[C@@H](C(=O)N[C@H](Cc2ccc(O)cc2)C(N)=O)NC(=O)C(C(C)O)N(N)C1=O. The Kier molecular flexibility index (Phi) is 26.0. The predicted molar refractivity (Wildman–Crippen MR) is 327 cm³/mol. The zero-order chi connectivity index (χ0) is 64.0. The number of rotatable bonds is 22. The molecule has 10 amide bonds. The van der Waals surface area contributed by atoms with Gasteiger partial charge in [0.15, 0.2) is 11.8 Å². The normalized spacial score (nSPS) is 20.1. The average molecular weight is 1270 g/mol. The largest absolute Gasteiger partial charge is 0.508 e. The fourth-order valence-corrected chi connectivity index (χ4v) is 11.6. The van der Waals surface area contributed by atoms with E-state index in [4.69, 9.17) is 33.3 Å². The fourth-order valence-electron chi connectivity index (χ4n) is 9.14. The molecule has 2 unspecified atom stereocenters. The van der Waals surface area contributed by atoms with Crippen molar-refractivity contribution in [3.63, 3.8) is 0 Å². The molecule has 1 aromatic heterocycles. The van der Waals surface area contributed by atoms with Gasteiger partial charge in [-0.1, -0.05) is 81.7 Å². The number of aliphatic hydroxyl groups is 1. The zero-order valence-electron chi connectivity index (χ0n) is 47.9. The number of aromatic hydroxyl groups is 2. The van der Waals surface area contributed by atoms with Crippen molar-refractivity contribution < 1.29 is 67.7 Å². The van der Waals surface area contributed by atoms with E-state index in [1.54, 1.807) is 31.3 Å². The van der Waals surface area contributed by atoms with E-state index in [9.17, 15) is 58.5 Å². The molecule has 2 heterocycles. The topological polar surface area (TPSA) is 422 Å². The molecule has 29 heteroatoms. The monoisotopic (exact) mass is 1270 g/mol. The summed E-state index contributed by atoms with van der Waals surface area (Å²) in [6.45, 7) is 1.64. The van der Waals surface area contributed by atoms with Gasteiger partial charge < -0.3 is 73.7 Å². The number of aliphatic hydroxyl groups excluding tert-OH is 1. The standard InChI is InChI=1S/C59H71ClN12O14S2/c1-32(73)49-58(84)71-47(55(81)66-42(51(62)77)26-35-12-20-39(74)21-13-35)31-88-87-30-46(70-54(80)45(28-34-10-18-38(60)19-11-34)69-57(83)48-7-5-25-86-48)56(82)68-44(29-36-14-22-40(75)23-15-36)53(79)67-43(27-33-8-16-37(17-9-33)50(61)76)52(78)65-41(59(85)72(49)63)6-3-4-24-64-2/h5,7-23,25,32,41-47,49,64,73-75H,3-4,6,24,26-31,63H2,1-2H3,(H2,61,76)(H2,62,77)(H,65,78)(H,66,81)(H,67,79)(H,68,82)(H,69,83)(H,70,80)(H,71,84)/t32?,41-,42+,43+,44-,45-,46+,47-,49?/m0/s1. The number of nitrogens with zero attached hydrogens (tertiary/aromatic N) is 1. The number of phenols is 2. The molecular formula is C59H71ClN12O14S2. The van der Waals surface area contributed by atoms with Crippen molar-refractivity contribution in [3.8, 4) is 11.5 Å². The number of nitrogens with one attached hydrogen (secondary N) is 8. The molecule has 1 aliphatic heterocycles. The summed E-state index contributed by atoms with van der Waals surface area (Å²) in [6, 6.07) is 13.6. The first kappa shape index (κ1) is 68.4. The van der Waals surface area contributed by atoms with Crippen molar-refractivity contribution >= 4 is 92.3 Å². The molecule has 17 N–H and O–H groups in total. The summed E-state index contributed by atoms with van der Waals surface area (Å²) in [5.41, 5.74) is 13.2. The summed E-state index contributed by atoms with van der Waals surface area (Å²) in [7, 11) is 3.48. The number of amides is 10. The molecule has 4 aromatic carbocycles. The maximum absolute atomic E-state index is 15.0. The first-order chi connectivity index (χ1) is 42.0. The molecule has 9 atom stereocenters. The van der Waals surface area contributed by atoms with Gasteiger partial charge in [0.2, 0.25) is 47.3 Å². The number of hydrogen-bond donors (Lipinski definition) is 14. The number of benzene rings is 4. The highest BCUT2D eigenvalue weighted by molar-refractivity contribution is 8.76. The Hall–Kier alpha value is -8.67. The molecule has 470 valence electrons. The van der Waals surface area contributed by atoms with Crippen LogP contribution < -0.4 is 59.8 Å². The lowest BCUT2D eigenvalue weighted by molar-refractivity contribution is -0.148. The Morgan fingerprint density at radius 1 is 0.682 bits per heavy atom. The molecule has 0 saturated carbocycles. The maximum Gasteiger partial charge on any atom is 0.287 e. The molecule has 6 rings (SSSR count). The van der Waals surface area contributed by atoms with Crippen molar-refractivity contribution in [3.05, 3.63) is 154 Å². The van der Waals surface area contributed by atoms with E-state index in [2.05, 4.69) is 42.5 Å². The predicted octanol–water partition coefficient (Wildman–Crippen LogP) is 0.143. The quantitative estimate of drug-likeness (QED) is 0.0190. The third kappa shape index (κ3) is 20.8. The van der Waals surface area contributed by atoms with Gasteiger partial charge in [0, 0.05) is 47.8 Å². The number of hydrogen-bond acceptors (Lipinski definition) is 18. The molecule has 1 aliphatic rings. The second kappa shape index (κ2) is 33.5. The molecule has 1 saturated heterocycles. The minimum atomic E-state index is -1.95. The van der Waals surface area contributed by atoms with Crippen molar-refractivity contribution in [1.29, 1.82) is 0 Å². The number of carbonyl (C=O) groups excluding carboxylic acids is 10. The van der Waals surface area contributed by atoms with Gasteiger partial charge in [0.05, 0.1) is 12.4 Å². The van der Waals surface area contributed by atoms with Crippen LogP contribution in [0.25, 0.3) is 0 Å². The van der Waals surface area contributed by atoms with Crippen LogP contribution in [0.4, 0.5) is 0 Å². The fraction of sp³-hybridized carbons (Fsp3) is 0.356. The molecule has 5 aromatic rings.